The van der Waals surface area contributed by atoms with Crippen LogP contribution in [0.25, 0.3) is 0 Å². The molecule has 4 heteroatoms. The van der Waals surface area contributed by atoms with Gasteiger partial charge >= 0.3 is 0 Å². The third-order valence-corrected chi connectivity index (χ3v) is 4.12. The van der Waals surface area contributed by atoms with Gasteiger partial charge in [0.2, 0.25) is 0 Å². The van der Waals surface area contributed by atoms with Crippen LogP contribution in [0.2, 0.25) is 5.02 Å². The van der Waals surface area contributed by atoms with E-state index in [1.54, 1.807) is 0 Å². The van der Waals surface area contributed by atoms with Gasteiger partial charge in [0.25, 0.3) is 0 Å². The Labute approximate surface area is 134 Å². The molecule has 1 aliphatic rings. The summed E-state index contributed by atoms with van der Waals surface area (Å²) in [5.41, 5.74) is 1.52. The summed E-state index contributed by atoms with van der Waals surface area (Å²) in [6.07, 6.45) is 1.22. The van der Waals surface area contributed by atoms with Gasteiger partial charge in [-0.3, -0.25) is 4.90 Å². The number of nitrogens with zero attached hydrogens (tertiary/aromatic N) is 2. The van der Waals surface area contributed by atoms with Crippen molar-refractivity contribution in [3.8, 4) is 0 Å². The quantitative estimate of drug-likeness (QED) is 0.842. The molecule has 0 aliphatic carbocycles. The molecule has 0 atom stereocenters. The highest BCUT2D eigenvalue weighted by Crippen LogP contribution is 2.19. The molecule has 0 amide bonds. The largest absolute Gasteiger partial charge is 0.369 e. The van der Waals surface area contributed by atoms with Crippen LogP contribution < -0.4 is 10.2 Å². The van der Waals surface area contributed by atoms with Crippen molar-refractivity contribution in [3.63, 3.8) is 0 Å². The smallest absolute Gasteiger partial charge is 0.0407 e. The predicted octanol–water partition coefficient (Wildman–Crippen LogP) is 3.24. The van der Waals surface area contributed by atoms with Crippen molar-refractivity contribution in [2.24, 2.45) is 0 Å². The second-order valence-corrected chi connectivity index (χ2v) is 7.27. The zero-order valence-corrected chi connectivity index (χ0v) is 14.3. The number of halogens is 1. The van der Waals surface area contributed by atoms with E-state index in [9.17, 15) is 0 Å². The fourth-order valence-electron chi connectivity index (χ4n) is 2.65. The van der Waals surface area contributed by atoms with Crippen LogP contribution in [0.1, 0.15) is 27.2 Å². The van der Waals surface area contributed by atoms with Crippen LogP contribution in [-0.2, 0) is 0 Å². The SMILES string of the molecule is CC(C)(C)NCCCN1CCN(c2ccc(Cl)cc2)CC1. The molecule has 0 saturated carbocycles. The van der Waals surface area contributed by atoms with E-state index in [2.05, 4.69) is 48.0 Å². The second kappa shape index (κ2) is 7.48. The van der Waals surface area contributed by atoms with Gasteiger partial charge in [-0.25, -0.2) is 0 Å². The molecular weight excluding hydrogens is 282 g/mol. The van der Waals surface area contributed by atoms with Crippen molar-refractivity contribution < 1.29 is 0 Å². The molecule has 0 spiro atoms. The number of benzene rings is 1. The van der Waals surface area contributed by atoms with Crippen LogP contribution in [0.3, 0.4) is 0 Å². The maximum Gasteiger partial charge on any atom is 0.0407 e. The highest BCUT2D eigenvalue weighted by atomic mass is 35.5. The van der Waals surface area contributed by atoms with Gasteiger partial charge < -0.3 is 10.2 Å². The van der Waals surface area contributed by atoms with Crippen molar-refractivity contribution in [3.05, 3.63) is 29.3 Å². The standard InChI is InChI=1S/C17H28ClN3/c1-17(2,3)19-9-4-10-20-11-13-21(14-12-20)16-7-5-15(18)6-8-16/h5-8,19H,4,9-14H2,1-3H3. The van der Waals surface area contributed by atoms with Crippen molar-refractivity contribution >= 4 is 17.3 Å². The fraction of sp³-hybridized carbons (Fsp3) is 0.647. The third kappa shape index (κ3) is 5.85. The Hall–Kier alpha value is -0.770. The number of nitrogens with one attached hydrogen (secondary N) is 1. The van der Waals surface area contributed by atoms with E-state index in [4.69, 9.17) is 11.6 Å². The van der Waals surface area contributed by atoms with Gasteiger partial charge in [0.15, 0.2) is 0 Å². The summed E-state index contributed by atoms with van der Waals surface area (Å²) < 4.78 is 0. The van der Waals surface area contributed by atoms with Crippen molar-refractivity contribution in [1.29, 1.82) is 0 Å². The molecule has 3 nitrogen and oxygen atoms in total. The Bertz CT molecular complexity index is 417. The first-order valence-electron chi connectivity index (χ1n) is 7.92. The Morgan fingerprint density at radius 3 is 2.24 bits per heavy atom. The van der Waals surface area contributed by atoms with Crippen LogP contribution in [0.4, 0.5) is 5.69 Å². The summed E-state index contributed by atoms with van der Waals surface area (Å²) >= 11 is 5.94. The lowest BCUT2D eigenvalue weighted by Gasteiger charge is -2.36. The van der Waals surface area contributed by atoms with Crippen LogP contribution in [0.15, 0.2) is 24.3 Å². The van der Waals surface area contributed by atoms with Gasteiger partial charge in [-0.2, -0.15) is 0 Å². The molecule has 1 saturated heterocycles. The van der Waals surface area contributed by atoms with Gasteiger partial charge in [0, 0.05) is 42.4 Å². The molecule has 1 N–H and O–H groups in total. The van der Waals surface area contributed by atoms with Crippen LogP contribution in [0.5, 0.6) is 0 Å². The van der Waals surface area contributed by atoms with E-state index >= 15 is 0 Å². The number of piperazine rings is 1. The fourth-order valence-corrected chi connectivity index (χ4v) is 2.77. The molecule has 0 radical (unpaired) electrons. The molecule has 1 fully saturated rings. The van der Waals surface area contributed by atoms with Crippen molar-refractivity contribution in [2.75, 3.05) is 44.2 Å². The first kappa shape index (κ1) is 16.6. The summed E-state index contributed by atoms with van der Waals surface area (Å²) in [6.45, 7) is 13.5. The molecule has 1 aromatic rings. The zero-order chi connectivity index (χ0) is 15.3. The van der Waals surface area contributed by atoms with E-state index in [0.29, 0.717) is 0 Å². The average Bonchev–Trinajstić information content (AvgIpc) is 2.44. The highest BCUT2D eigenvalue weighted by molar-refractivity contribution is 6.30. The molecule has 118 valence electrons. The molecule has 0 aromatic heterocycles. The van der Waals surface area contributed by atoms with Crippen molar-refractivity contribution in [1.82, 2.24) is 10.2 Å². The van der Waals surface area contributed by atoms with Crippen molar-refractivity contribution in [2.45, 2.75) is 32.7 Å². The summed E-state index contributed by atoms with van der Waals surface area (Å²) in [5, 5.41) is 4.36. The lowest BCUT2D eigenvalue weighted by molar-refractivity contribution is 0.250. The van der Waals surface area contributed by atoms with Gasteiger partial charge in [-0.05, 0) is 64.5 Å². The molecule has 1 aromatic carbocycles. The first-order valence-corrected chi connectivity index (χ1v) is 8.30. The topological polar surface area (TPSA) is 18.5 Å². The molecule has 1 aliphatic heterocycles. The second-order valence-electron chi connectivity index (χ2n) is 6.84. The first-order chi connectivity index (χ1) is 9.94. The van der Waals surface area contributed by atoms with Gasteiger partial charge in [0.05, 0.1) is 0 Å². The van der Waals surface area contributed by atoms with Gasteiger partial charge in [-0.1, -0.05) is 11.6 Å². The predicted molar refractivity (Wildman–Crippen MR) is 92.5 cm³/mol. The lowest BCUT2D eigenvalue weighted by atomic mass is 10.1. The van der Waals surface area contributed by atoms with E-state index < -0.39 is 0 Å². The molecule has 21 heavy (non-hydrogen) atoms. The number of anilines is 1. The monoisotopic (exact) mass is 309 g/mol. The van der Waals surface area contributed by atoms with Gasteiger partial charge in [-0.15, -0.1) is 0 Å². The molecule has 0 bridgehead atoms. The van der Waals surface area contributed by atoms with E-state index in [1.807, 2.05) is 12.1 Å². The van der Waals surface area contributed by atoms with E-state index in [0.717, 1.165) is 37.7 Å². The van der Waals surface area contributed by atoms with Crippen LogP contribution in [-0.4, -0.2) is 49.7 Å². The summed E-state index contributed by atoms with van der Waals surface area (Å²) in [6, 6.07) is 8.18. The molecular formula is C17H28ClN3. The zero-order valence-electron chi connectivity index (χ0n) is 13.5. The minimum atomic E-state index is 0.229. The average molecular weight is 310 g/mol. The maximum atomic E-state index is 5.94. The lowest BCUT2D eigenvalue weighted by Crippen LogP contribution is -2.47. The minimum absolute atomic E-state index is 0.229. The van der Waals surface area contributed by atoms with Crippen LogP contribution in [0, 0.1) is 0 Å². The Morgan fingerprint density at radius 1 is 1.05 bits per heavy atom. The number of hydrogen-bond acceptors (Lipinski definition) is 3. The number of hydrogen-bond donors (Lipinski definition) is 1. The summed E-state index contributed by atoms with van der Waals surface area (Å²) in [5.74, 6) is 0. The molecule has 1 heterocycles. The van der Waals surface area contributed by atoms with E-state index in [-0.39, 0.29) is 5.54 Å². The van der Waals surface area contributed by atoms with E-state index in [1.165, 1.54) is 18.7 Å². The summed E-state index contributed by atoms with van der Waals surface area (Å²) in [7, 11) is 0. The molecule has 2 rings (SSSR count). The Morgan fingerprint density at radius 2 is 1.67 bits per heavy atom. The summed E-state index contributed by atoms with van der Waals surface area (Å²) in [4.78, 5) is 5.01. The minimum Gasteiger partial charge on any atom is -0.369 e. The van der Waals surface area contributed by atoms with Gasteiger partial charge in [0.1, 0.15) is 0 Å². The normalized spacial score (nSPS) is 17.2. The van der Waals surface area contributed by atoms with Crippen LogP contribution >= 0.6 is 11.6 Å². The third-order valence-electron chi connectivity index (χ3n) is 3.87. The molecule has 0 unspecified atom stereocenters. The Balaban J connectivity index is 1.67. The Kier molecular flexibility index (Phi) is 5.91. The number of rotatable bonds is 5. The maximum absolute atomic E-state index is 5.94. The highest BCUT2D eigenvalue weighted by Gasteiger charge is 2.17.